The van der Waals surface area contributed by atoms with Gasteiger partial charge in [-0.05, 0) is 44.4 Å². The number of unbranched alkanes of at least 4 members (excludes halogenated alkanes) is 2. The fourth-order valence-corrected chi connectivity index (χ4v) is 3.17. The van der Waals surface area contributed by atoms with Crippen LogP contribution in [0.3, 0.4) is 0 Å². The maximum atomic E-state index is 13.0. The highest BCUT2D eigenvalue weighted by Gasteiger charge is 2.41. The molecule has 0 aromatic carbocycles. The van der Waals surface area contributed by atoms with Crippen LogP contribution in [0, 0.1) is 11.3 Å². The predicted octanol–water partition coefficient (Wildman–Crippen LogP) is 3.57. The molecule has 0 aromatic heterocycles. The third-order valence-corrected chi connectivity index (χ3v) is 4.93. The summed E-state index contributed by atoms with van der Waals surface area (Å²) < 4.78 is 0. The smallest absolute Gasteiger partial charge is 0.230 e. The molecular weight excluding hydrogens is 248 g/mol. The Labute approximate surface area is 125 Å². The Morgan fingerprint density at radius 3 is 2.05 bits per heavy atom. The van der Waals surface area contributed by atoms with Gasteiger partial charge in [0.15, 0.2) is 0 Å². The van der Waals surface area contributed by atoms with E-state index in [1.54, 1.807) is 0 Å². The van der Waals surface area contributed by atoms with Gasteiger partial charge in [-0.2, -0.15) is 0 Å². The third kappa shape index (κ3) is 4.47. The molecule has 1 aliphatic rings. The molecule has 0 bridgehead atoms. The highest BCUT2D eigenvalue weighted by molar-refractivity contribution is 5.83. The van der Waals surface area contributed by atoms with Crippen LogP contribution in [-0.4, -0.2) is 30.4 Å². The second kappa shape index (κ2) is 8.66. The number of hydrogen-bond donors (Lipinski definition) is 1. The summed E-state index contributed by atoms with van der Waals surface area (Å²) in [5.74, 6) is 1.09. The van der Waals surface area contributed by atoms with Crippen LogP contribution in [0.15, 0.2) is 0 Å². The van der Waals surface area contributed by atoms with Crippen molar-refractivity contribution in [1.29, 1.82) is 0 Å². The second-order valence-electron chi connectivity index (χ2n) is 6.67. The maximum absolute atomic E-state index is 13.0. The van der Waals surface area contributed by atoms with E-state index in [1.807, 2.05) is 0 Å². The van der Waals surface area contributed by atoms with Crippen molar-refractivity contribution in [2.24, 2.45) is 17.1 Å². The Bertz CT molecular complexity index is 275. The molecule has 2 N–H and O–H groups in total. The summed E-state index contributed by atoms with van der Waals surface area (Å²) in [4.78, 5) is 15.1. The molecule has 1 amide bonds. The first-order chi connectivity index (χ1) is 9.59. The summed E-state index contributed by atoms with van der Waals surface area (Å²) in [5.41, 5.74) is 5.78. The van der Waals surface area contributed by atoms with Crippen LogP contribution >= 0.6 is 0 Å². The van der Waals surface area contributed by atoms with E-state index in [4.69, 9.17) is 5.73 Å². The average Bonchev–Trinajstić information content (AvgIpc) is 2.48. The van der Waals surface area contributed by atoms with Gasteiger partial charge in [0.2, 0.25) is 5.91 Å². The zero-order valence-corrected chi connectivity index (χ0v) is 13.8. The Hall–Kier alpha value is -0.570. The molecule has 1 aliphatic carbocycles. The standard InChI is InChI=1S/C17H34N2O/c1-4-6-12-19(13-7-5-2)16(20)17(14-18)10-8-15(3)9-11-17/h15H,4-14,18H2,1-3H3. The number of nitrogens with two attached hydrogens (primary N) is 1. The molecular formula is C17H34N2O. The number of nitrogens with zero attached hydrogens (tertiary/aromatic N) is 1. The van der Waals surface area contributed by atoms with Crippen molar-refractivity contribution in [3.8, 4) is 0 Å². The van der Waals surface area contributed by atoms with Crippen LogP contribution in [0.2, 0.25) is 0 Å². The van der Waals surface area contributed by atoms with Crippen LogP contribution in [0.1, 0.15) is 72.1 Å². The fourth-order valence-electron chi connectivity index (χ4n) is 3.17. The minimum Gasteiger partial charge on any atom is -0.342 e. The lowest BCUT2D eigenvalue weighted by Crippen LogP contribution is -2.50. The lowest BCUT2D eigenvalue weighted by molar-refractivity contribution is -0.144. The van der Waals surface area contributed by atoms with E-state index in [0.29, 0.717) is 12.5 Å². The first-order valence-electron chi connectivity index (χ1n) is 8.59. The van der Waals surface area contributed by atoms with E-state index in [-0.39, 0.29) is 5.41 Å². The van der Waals surface area contributed by atoms with Gasteiger partial charge in [0.1, 0.15) is 0 Å². The molecule has 0 heterocycles. The Morgan fingerprint density at radius 2 is 1.65 bits per heavy atom. The molecule has 0 saturated heterocycles. The molecule has 0 aliphatic heterocycles. The summed E-state index contributed by atoms with van der Waals surface area (Å²) in [6.45, 7) is 9.00. The number of amides is 1. The molecule has 1 fully saturated rings. The molecule has 0 unspecified atom stereocenters. The molecule has 0 atom stereocenters. The Balaban J connectivity index is 2.73. The topological polar surface area (TPSA) is 46.3 Å². The summed E-state index contributed by atoms with van der Waals surface area (Å²) in [6, 6.07) is 0. The molecule has 0 radical (unpaired) electrons. The van der Waals surface area contributed by atoms with Gasteiger partial charge in [-0.25, -0.2) is 0 Å². The largest absolute Gasteiger partial charge is 0.342 e. The molecule has 118 valence electrons. The fraction of sp³-hybridized carbons (Fsp3) is 0.941. The molecule has 3 nitrogen and oxygen atoms in total. The maximum Gasteiger partial charge on any atom is 0.230 e. The van der Waals surface area contributed by atoms with Crippen molar-refractivity contribution in [3.63, 3.8) is 0 Å². The average molecular weight is 282 g/mol. The van der Waals surface area contributed by atoms with E-state index in [1.165, 1.54) is 0 Å². The van der Waals surface area contributed by atoms with Crippen molar-refractivity contribution in [2.75, 3.05) is 19.6 Å². The van der Waals surface area contributed by atoms with E-state index in [0.717, 1.165) is 70.4 Å². The monoisotopic (exact) mass is 282 g/mol. The normalized spacial score (nSPS) is 26.5. The van der Waals surface area contributed by atoms with E-state index < -0.39 is 0 Å². The van der Waals surface area contributed by atoms with E-state index in [9.17, 15) is 4.79 Å². The van der Waals surface area contributed by atoms with Gasteiger partial charge in [-0.15, -0.1) is 0 Å². The summed E-state index contributed by atoms with van der Waals surface area (Å²) in [5, 5.41) is 0. The zero-order valence-electron chi connectivity index (χ0n) is 13.8. The van der Waals surface area contributed by atoms with Gasteiger partial charge in [0, 0.05) is 19.6 Å². The molecule has 0 spiro atoms. The van der Waals surface area contributed by atoms with Crippen molar-refractivity contribution in [1.82, 2.24) is 4.90 Å². The Kier molecular flexibility index (Phi) is 7.57. The summed E-state index contributed by atoms with van der Waals surface area (Å²) >= 11 is 0. The van der Waals surface area contributed by atoms with Crippen LogP contribution in [-0.2, 0) is 4.79 Å². The quantitative estimate of drug-likeness (QED) is 0.740. The number of rotatable bonds is 8. The van der Waals surface area contributed by atoms with Crippen LogP contribution in [0.5, 0.6) is 0 Å². The Morgan fingerprint density at radius 1 is 1.15 bits per heavy atom. The molecule has 1 saturated carbocycles. The minimum atomic E-state index is -0.256. The van der Waals surface area contributed by atoms with Crippen molar-refractivity contribution in [2.45, 2.75) is 72.1 Å². The number of hydrogen-bond acceptors (Lipinski definition) is 2. The van der Waals surface area contributed by atoms with Crippen LogP contribution in [0.25, 0.3) is 0 Å². The van der Waals surface area contributed by atoms with Crippen molar-refractivity contribution >= 4 is 5.91 Å². The molecule has 3 heteroatoms. The van der Waals surface area contributed by atoms with E-state index in [2.05, 4.69) is 25.7 Å². The van der Waals surface area contributed by atoms with Crippen LogP contribution in [0.4, 0.5) is 0 Å². The van der Waals surface area contributed by atoms with Gasteiger partial charge in [0.05, 0.1) is 5.41 Å². The summed E-state index contributed by atoms with van der Waals surface area (Å²) in [7, 11) is 0. The molecule has 1 rings (SSSR count). The van der Waals surface area contributed by atoms with Crippen molar-refractivity contribution in [3.05, 3.63) is 0 Å². The zero-order chi connectivity index (χ0) is 15.0. The second-order valence-corrected chi connectivity index (χ2v) is 6.67. The highest BCUT2D eigenvalue weighted by Crippen LogP contribution is 2.39. The lowest BCUT2D eigenvalue weighted by atomic mass is 9.70. The number of carbonyl (C=O) groups is 1. The van der Waals surface area contributed by atoms with Gasteiger partial charge < -0.3 is 10.6 Å². The van der Waals surface area contributed by atoms with Gasteiger partial charge in [-0.3, -0.25) is 4.79 Å². The molecule has 20 heavy (non-hydrogen) atoms. The lowest BCUT2D eigenvalue weighted by Gasteiger charge is -2.41. The first kappa shape index (κ1) is 17.5. The third-order valence-electron chi connectivity index (χ3n) is 4.93. The van der Waals surface area contributed by atoms with Gasteiger partial charge in [0.25, 0.3) is 0 Å². The highest BCUT2D eigenvalue weighted by atomic mass is 16.2. The SMILES string of the molecule is CCCCN(CCCC)C(=O)C1(CN)CCC(C)CC1. The van der Waals surface area contributed by atoms with Gasteiger partial charge in [-0.1, -0.05) is 33.6 Å². The van der Waals surface area contributed by atoms with Crippen molar-refractivity contribution < 1.29 is 4.79 Å². The van der Waals surface area contributed by atoms with E-state index >= 15 is 0 Å². The number of carbonyl (C=O) groups excluding carboxylic acids is 1. The minimum absolute atomic E-state index is 0.256. The first-order valence-corrected chi connectivity index (χ1v) is 8.59. The molecule has 0 aromatic rings. The van der Waals surface area contributed by atoms with Gasteiger partial charge >= 0.3 is 0 Å². The summed E-state index contributed by atoms with van der Waals surface area (Å²) in [6.07, 6.45) is 8.76. The predicted molar refractivity (Wildman–Crippen MR) is 85.5 cm³/mol. The van der Waals surface area contributed by atoms with Crippen LogP contribution < -0.4 is 5.73 Å².